The maximum atomic E-state index is 14.1. The number of ether oxygens (including phenoxy) is 1. The molecule has 2 aliphatic rings. The first-order chi connectivity index (χ1) is 9.56. The van der Waals surface area contributed by atoms with Gasteiger partial charge in [-0.2, -0.15) is 0 Å². The van der Waals surface area contributed by atoms with E-state index in [0.29, 0.717) is 23.5 Å². The lowest BCUT2D eigenvalue weighted by Gasteiger charge is -2.23. The number of hydrogen-bond acceptors (Lipinski definition) is 4. The lowest BCUT2D eigenvalue weighted by Crippen LogP contribution is -2.29. The summed E-state index contributed by atoms with van der Waals surface area (Å²) < 4.78 is 19.7. The van der Waals surface area contributed by atoms with Gasteiger partial charge in [0, 0.05) is 31.5 Å². The van der Waals surface area contributed by atoms with Crippen molar-refractivity contribution in [3.63, 3.8) is 0 Å². The van der Waals surface area contributed by atoms with Gasteiger partial charge in [-0.25, -0.2) is 4.39 Å². The molecule has 1 saturated heterocycles. The predicted molar refractivity (Wildman–Crippen MR) is 72.2 cm³/mol. The summed E-state index contributed by atoms with van der Waals surface area (Å²) in [7, 11) is 1.79. The molecule has 20 heavy (non-hydrogen) atoms. The molecule has 0 bridgehead atoms. The SMILES string of the molecule is CN(CC1CCCO1)c1cc2c(cc1F)C(O)C(=O)N2. The maximum absolute atomic E-state index is 14.1. The Morgan fingerprint density at radius 1 is 1.55 bits per heavy atom. The highest BCUT2D eigenvalue weighted by atomic mass is 19.1. The normalized spacial score (nSPS) is 24.6. The summed E-state index contributed by atoms with van der Waals surface area (Å²) in [4.78, 5) is 13.2. The van der Waals surface area contributed by atoms with E-state index in [1.165, 1.54) is 6.07 Å². The number of halogens is 1. The first kappa shape index (κ1) is 13.3. The molecule has 6 heteroatoms. The van der Waals surface area contributed by atoms with Gasteiger partial charge in [0.15, 0.2) is 6.10 Å². The molecule has 0 saturated carbocycles. The zero-order valence-electron chi connectivity index (χ0n) is 11.2. The van der Waals surface area contributed by atoms with Crippen LogP contribution in [0.5, 0.6) is 0 Å². The molecule has 2 atom stereocenters. The Labute approximate surface area is 116 Å². The van der Waals surface area contributed by atoms with Crippen molar-refractivity contribution in [1.82, 2.24) is 0 Å². The van der Waals surface area contributed by atoms with Gasteiger partial charge in [0.25, 0.3) is 5.91 Å². The molecule has 1 amide bonds. The van der Waals surface area contributed by atoms with Gasteiger partial charge in [0.2, 0.25) is 0 Å². The lowest BCUT2D eigenvalue weighted by molar-refractivity contribution is -0.123. The molecule has 5 nitrogen and oxygen atoms in total. The molecule has 0 aliphatic carbocycles. The molecular formula is C14H17FN2O3. The summed E-state index contributed by atoms with van der Waals surface area (Å²) in [5.74, 6) is -0.960. The Morgan fingerprint density at radius 3 is 3.05 bits per heavy atom. The van der Waals surface area contributed by atoms with Crippen molar-refractivity contribution >= 4 is 17.3 Å². The summed E-state index contributed by atoms with van der Waals surface area (Å²) in [6, 6.07) is 2.78. The number of amides is 1. The van der Waals surface area contributed by atoms with Crippen LogP contribution in [0.1, 0.15) is 24.5 Å². The molecule has 1 aromatic carbocycles. The van der Waals surface area contributed by atoms with Crippen LogP contribution in [0, 0.1) is 5.82 Å². The Bertz CT molecular complexity index is 543. The van der Waals surface area contributed by atoms with Crippen molar-refractivity contribution in [3.8, 4) is 0 Å². The van der Waals surface area contributed by atoms with Crippen LogP contribution in [-0.2, 0) is 9.53 Å². The standard InChI is InChI=1S/C14H17FN2O3/c1-17(7-8-3-2-4-20-8)12-6-11-9(5-10(12)15)13(18)14(19)16-11/h5-6,8,13,18H,2-4,7H2,1H3,(H,16,19). The van der Waals surface area contributed by atoms with Gasteiger partial charge in [-0.1, -0.05) is 0 Å². The second-order valence-corrected chi connectivity index (χ2v) is 5.30. The minimum Gasteiger partial charge on any atom is -0.378 e. The number of rotatable bonds is 3. The van der Waals surface area contributed by atoms with Crippen LogP contribution in [0.25, 0.3) is 0 Å². The van der Waals surface area contributed by atoms with E-state index in [1.807, 2.05) is 0 Å². The fourth-order valence-electron chi connectivity index (χ4n) is 2.74. The van der Waals surface area contributed by atoms with E-state index in [1.54, 1.807) is 18.0 Å². The summed E-state index contributed by atoms with van der Waals surface area (Å²) in [6.45, 7) is 1.36. The minimum absolute atomic E-state index is 0.118. The number of nitrogens with one attached hydrogen (secondary N) is 1. The van der Waals surface area contributed by atoms with E-state index in [-0.39, 0.29) is 6.10 Å². The van der Waals surface area contributed by atoms with Crippen molar-refractivity contribution < 1.29 is 19.0 Å². The number of hydrogen-bond donors (Lipinski definition) is 2. The van der Waals surface area contributed by atoms with E-state index in [2.05, 4.69) is 5.32 Å². The molecule has 2 N–H and O–H groups in total. The number of carbonyl (C=O) groups excluding carboxylic acids is 1. The highest BCUT2D eigenvalue weighted by molar-refractivity contribution is 6.02. The van der Waals surface area contributed by atoms with Crippen LogP contribution in [0.3, 0.4) is 0 Å². The predicted octanol–water partition coefficient (Wildman–Crippen LogP) is 1.43. The van der Waals surface area contributed by atoms with Gasteiger partial charge < -0.3 is 20.1 Å². The second-order valence-electron chi connectivity index (χ2n) is 5.30. The number of anilines is 2. The molecule has 0 aromatic heterocycles. The number of likely N-dealkylation sites (N-methyl/N-ethyl adjacent to an activating group) is 1. The molecule has 108 valence electrons. The van der Waals surface area contributed by atoms with Crippen molar-refractivity contribution in [2.75, 3.05) is 30.4 Å². The number of benzene rings is 1. The van der Waals surface area contributed by atoms with Crippen LogP contribution < -0.4 is 10.2 Å². The van der Waals surface area contributed by atoms with Crippen molar-refractivity contribution in [2.45, 2.75) is 25.0 Å². The van der Waals surface area contributed by atoms with Crippen LogP contribution in [0.2, 0.25) is 0 Å². The number of aliphatic hydroxyl groups excluding tert-OH is 1. The lowest BCUT2D eigenvalue weighted by atomic mass is 10.1. The molecule has 3 rings (SSSR count). The van der Waals surface area contributed by atoms with Crippen molar-refractivity contribution in [1.29, 1.82) is 0 Å². The van der Waals surface area contributed by atoms with Crippen molar-refractivity contribution in [2.24, 2.45) is 0 Å². The Kier molecular flexibility index (Phi) is 3.35. The molecule has 2 aliphatic heterocycles. The van der Waals surface area contributed by atoms with E-state index >= 15 is 0 Å². The quantitative estimate of drug-likeness (QED) is 0.879. The molecule has 2 unspecified atom stereocenters. The van der Waals surface area contributed by atoms with Crippen LogP contribution >= 0.6 is 0 Å². The summed E-state index contributed by atoms with van der Waals surface area (Å²) in [6.07, 6.45) is 0.851. The fourth-order valence-corrected chi connectivity index (χ4v) is 2.74. The average Bonchev–Trinajstić information content (AvgIpc) is 3.00. The first-order valence-electron chi connectivity index (χ1n) is 6.71. The Morgan fingerprint density at radius 2 is 2.35 bits per heavy atom. The van der Waals surface area contributed by atoms with Gasteiger partial charge in [0.05, 0.1) is 11.8 Å². The van der Waals surface area contributed by atoms with Gasteiger partial charge in [-0.15, -0.1) is 0 Å². The zero-order chi connectivity index (χ0) is 14.3. The van der Waals surface area contributed by atoms with Crippen molar-refractivity contribution in [3.05, 3.63) is 23.5 Å². The summed E-state index contributed by atoms with van der Waals surface area (Å²) in [5, 5.41) is 12.2. The number of carbonyl (C=O) groups is 1. The zero-order valence-corrected chi connectivity index (χ0v) is 11.2. The van der Waals surface area contributed by atoms with Crippen LogP contribution in [0.15, 0.2) is 12.1 Å². The third kappa shape index (κ3) is 2.25. The van der Waals surface area contributed by atoms with Gasteiger partial charge in [-0.05, 0) is 25.0 Å². The third-order valence-electron chi connectivity index (χ3n) is 3.83. The van der Waals surface area contributed by atoms with Crippen LogP contribution in [0.4, 0.5) is 15.8 Å². The summed E-state index contributed by atoms with van der Waals surface area (Å²) in [5.41, 5.74) is 1.16. The minimum atomic E-state index is -1.28. The topological polar surface area (TPSA) is 61.8 Å². The Balaban J connectivity index is 1.83. The fraction of sp³-hybridized carbons (Fsp3) is 0.500. The number of nitrogens with zero attached hydrogens (tertiary/aromatic N) is 1. The van der Waals surface area contributed by atoms with E-state index in [0.717, 1.165) is 19.4 Å². The largest absolute Gasteiger partial charge is 0.378 e. The second kappa shape index (κ2) is 5.03. The van der Waals surface area contributed by atoms with Gasteiger partial charge in [0.1, 0.15) is 5.82 Å². The Hall–Kier alpha value is -1.66. The molecule has 1 aromatic rings. The van der Waals surface area contributed by atoms with E-state index in [9.17, 15) is 14.3 Å². The van der Waals surface area contributed by atoms with E-state index < -0.39 is 17.8 Å². The molecule has 0 radical (unpaired) electrons. The van der Waals surface area contributed by atoms with Gasteiger partial charge >= 0.3 is 0 Å². The molecule has 1 fully saturated rings. The number of fused-ring (bicyclic) bond motifs is 1. The van der Waals surface area contributed by atoms with E-state index in [4.69, 9.17) is 4.74 Å². The monoisotopic (exact) mass is 280 g/mol. The summed E-state index contributed by atoms with van der Waals surface area (Å²) >= 11 is 0. The third-order valence-corrected chi connectivity index (χ3v) is 3.83. The number of aliphatic hydroxyl groups is 1. The van der Waals surface area contributed by atoms with Crippen LogP contribution in [-0.4, -0.2) is 37.3 Å². The first-order valence-corrected chi connectivity index (χ1v) is 6.71. The van der Waals surface area contributed by atoms with Gasteiger partial charge in [-0.3, -0.25) is 4.79 Å². The maximum Gasteiger partial charge on any atom is 0.257 e. The molecule has 2 heterocycles. The highest BCUT2D eigenvalue weighted by Gasteiger charge is 2.30. The highest BCUT2D eigenvalue weighted by Crippen LogP contribution is 2.35. The smallest absolute Gasteiger partial charge is 0.257 e. The average molecular weight is 280 g/mol. The molecule has 0 spiro atoms. The molecular weight excluding hydrogens is 263 g/mol.